The highest BCUT2D eigenvalue weighted by molar-refractivity contribution is 6.05. The summed E-state index contributed by atoms with van der Waals surface area (Å²) < 4.78 is 5.44. The van der Waals surface area contributed by atoms with E-state index in [-0.39, 0.29) is 17.2 Å². The van der Waals surface area contributed by atoms with Gasteiger partial charge in [-0.2, -0.15) is 4.99 Å². The van der Waals surface area contributed by atoms with Gasteiger partial charge in [-0.25, -0.2) is 14.8 Å². The summed E-state index contributed by atoms with van der Waals surface area (Å²) in [7, 11) is 0. The molecule has 0 bridgehead atoms. The highest BCUT2D eigenvalue weighted by atomic mass is 16.6. The molecule has 2 N–H and O–H groups in total. The molecule has 2 amide bonds. The van der Waals surface area contributed by atoms with Crippen molar-refractivity contribution in [1.29, 1.82) is 0 Å². The summed E-state index contributed by atoms with van der Waals surface area (Å²) in [4.78, 5) is 41.6. The SMILES string of the molecule is CC(C)(C)OC(=O)N1CCN(c2cnc(C(=O)N=C(N)C3(c4ccccc4)CCC3)cn2)CC1. The van der Waals surface area contributed by atoms with Crippen LogP contribution in [0.15, 0.2) is 47.7 Å². The van der Waals surface area contributed by atoms with Crippen LogP contribution in [-0.2, 0) is 10.2 Å². The van der Waals surface area contributed by atoms with E-state index in [0.717, 1.165) is 24.8 Å². The van der Waals surface area contributed by atoms with Crippen LogP contribution >= 0.6 is 0 Å². The lowest BCUT2D eigenvalue weighted by Crippen LogP contribution is -2.50. The molecule has 2 heterocycles. The molecule has 9 nitrogen and oxygen atoms in total. The number of nitrogens with zero attached hydrogens (tertiary/aromatic N) is 5. The van der Waals surface area contributed by atoms with Gasteiger partial charge in [0.05, 0.1) is 17.8 Å². The highest BCUT2D eigenvalue weighted by Crippen LogP contribution is 2.43. The molecule has 1 saturated carbocycles. The van der Waals surface area contributed by atoms with Gasteiger partial charge in [-0.3, -0.25) is 4.79 Å². The van der Waals surface area contributed by atoms with E-state index < -0.39 is 11.5 Å². The van der Waals surface area contributed by atoms with E-state index in [1.807, 2.05) is 56.0 Å². The van der Waals surface area contributed by atoms with Crippen LogP contribution in [0.2, 0.25) is 0 Å². The van der Waals surface area contributed by atoms with Gasteiger partial charge in [0.15, 0.2) is 0 Å². The van der Waals surface area contributed by atoms with E-state index in [4.69, 9.17) is 10.5 Å². The van der Waals surface area contributed by atoms with Gasteiger partial charge >= 0.3 is 6.09 Å². The van der Waals surface area contributed by atoms with Crippen molar-refractivity contribution in [1.82, 2.24) is 14.9 Å². The van der Waals surface area contributed by atoms with Gasteiger partial charge in [0, 0.05) is 26.2 Å². The lowest BCUT2D eigenvalue weighted by molar-refractivity contribution is 0.0240. The number of carbonyl (C=O) groups excluding carboxylic acids is 2. The van der Waals surface area contributed by atoms with E-state index in [1.165, 1.54) is 6.20 Å². The fourth-order valence-corrected chi connectivity index (χ4v) is 4.29. The maximum absolute atomic E-state index is 12.8. The predicted molar refractivity (Wildman–Crippen MR) is 130 cm³/mol. The number of hydrogen-bond donors (Lipinski definition) is 1. The zero-order valence-corrected chi connectivity index (χ0v) is 20.0. The maximum atomic E-state index is 12.8. The van der Waals surface area contributed by atoms with Crippen LogP contribution in [0.4, 0.5) is 10.6 Å². The van der Waals surface area contributed by atoms with E-state index in [9.17, 15) is 9.59 Å². The predicted octanol–water partition coefficient (Wildman–Crippen LogP) is 3.15. The molecule has 0 atom stereocenters. The van der Waals surface area contributed by atoms with Crippen molar-refractivity contribution in [2.24, 2.45) is 10.7 Å². The molecule has 2 aromatic rings. The summed E-state index contributed by atoms with van der Waals surface area (Å²) >= 11 is 0. The van der Waals surface area contributed by atoms with Crippen molar-refractivity contribution in [3.63, 3.8) is 0 Å². The fraction of sp³-hybridized carbons (Fsp3) is 0.480. The molecule has 9 heteroatoms. The molecular weight excluding hydrogens is 432 g/mol. The van der Waals surface area contributed by atoms with Crippen LogP contribution in [0.3, 0.4) is 0 Å². The molecule has 34 heavy (non-hydrogen) atoms. The number of piperazine rings is 1. The number of amidine groups is 1. The molecule has 2 fully saturated rings. The zero-order valence-electron chi connectivity index (χ0n) is 20.0. The van der Waals surface area contributed by atoms with Gasteiger partial charge in [-0.15, -0.1) is 0 Å². The number of amides is 2. The van der Waals surface area contributed by atoms with Crippen molar-refractivity contribution in [3.8, 4) is 0 Å². The third-order valence-electron chi connectivity index (χ3n) is 6.36. The van der Waals surface area contributed by atoms with Crippen LogP contribution in [0.25, 0.3) is 0 Å². The summed E-state index contributed by atoms with van der Waals surface area (Å²) in [5, 5.41) is 0. The summed E-state index contributed by atoms with van der Waals surface area (Å²) in [5.41, 5.74) is 6.68. The standard InChI is InChI=1S/C25H32N6O3/c1-24(2,3)34-23(33)31-14-12-30(13-15-31)20-17-27-19(16-28-20)21(32)29-22(26)25(10-7-11-25)18-8-5-4-6-9-18/h4-6,8-9,16-17H,7,10-15H2,1-3H3,(H2,26,29,32). The molecule has 0 spiro atoms. The molecule has 0 unspecified atom stereocenters. The summed E-state index contributed by atoms with van der Waals surface area (Å²) in [5.74, 6) is 0.490. The van der Waals surface area contributed by atoms with E-state index in [1.54, 1.807) is 11.1 Å². The van der Waals surface area contributed by atoms with Gasteiger partial charge < -0.3 is 20.3 Å². The van der Waals surface area contributed by atoms with Crippen molar-refractivity contribution in [3.05, 3.63) is 54.0 Å². The largest absolute Gasteiger partial charge is 0.444 e. The number of aromatic nitrogens is 2. The Bertz CT molecular complexity index is 1050. The topological polar surface area (TPSA) is 114 Å². The van der Waals surface area contributed by atoms with Gasteiger partial charge in [0.25, 0.3) is 5.91 Å². The molecule has 1 saturated heterocycles. The average Bonchev–Trinajstić information content (AvgIpc) is 2.78. The van der Waals surface area contributed by atoms with Crippen LogP contribution < -0.4 is 10.6 Å². The van der Waals surface area contributed by atoms with Gasteiger partial charge in [-0.1, -0.05) is 36.8 Å². The number of hydrogen-bond acceptors (Lipinski definition) is 6. The lowest BCUT2D eigenvalue weighted by atomic mass is 9.63. The second-order valence-corrected chi connectivity index (χ2v) is 9.82. The second-order valence-electron chi connectivity index (χ2n) is 9.82. The summed E-state index contributed by atoms with van der Waals surface area (Å²) in [6, 6.07) is 9.97. The number of anilines is 1. The monoisotopic (exact) mass is 464 g/mol. The van der Waals surface area contributed by atoms with Crippen LogP contribution in [-0.4, -0.2) is 64.5 Å². The quantitative estimate of drug-likeness (QED) is 0.546. The Kier molecular flexibility index (Phi) is 6.54. The summed E-state index contributed by atoms with van der Waals surface area (Å²) in [6.07, 6.45) is 5.49. The summed E-state index contributed by atoms with van der Waals surface area (Å²) in [6.45, 7) is 7.82. The fourth-order valence-electron chi connectivity index (χ4n) is 4.29. The molecule has 4 rings (SSSR count). The first-order valence-corrected chi connectivity index (χ1v) is 11.7. The number of nitrogens with two attached hydrogens (primary N) is 1. The molecular formula is C25H32N6O3. The van der Waals surface area contributed by atoms with E-state index >= 15 is 0 Å². The van der Waals surface area contributed by atoms with Gasteiger partial charge in [-0.05, 0) is 39.2 Å². The average molecular weight is 465 g/mol. The molecule has 1 aliphatic heterocycles. The minimum absolute atomic E-state index is 0.154. The number of rotatable bonds is 4. The Hall–Kier alpha value is -3.49. The van der Waals surface area contributed by atoms with Crippen LogP contribution in [0.5, 0.6) is 0 Å². The van der Waals surface area contributed by atoms with Crippen LogP contribution in [0.1, 0.15) is 56.1 Å². The van der Waals surface area contributed by atoms with Crippen molar-refractivity contribution in [2.45, 2.75) is 51.0 Å². The van der Waals surface area contributed by atoms with E-state index in [0.29, 0.717) is 37.8 Å². The minimum Gasteiger partial charge on any atom is -0.444 e. The number of carbonyl (C=O) groups is 2. The maximum Gasteiger partial charge on any atom is 0.410 e. The van der Waals surface area contributed by atoms with Gasteiger partial charge in [0.1, 0.15) is 22.9 Å². The molecule has 2 aliphatic rings. The Morgan fingerprint density at radius 2 is 1.71 bits per heavy atom. The van der Waals surface area contributed by atoms with Gasteiger partial charge in [0.2, 0.25) is 0 Å². The van der Waals surface area contributed by atoms with Crippen molar-refractivity contribution >= 4 is 23.7 Å². The van der Waals surface area contributed by atoms with Crippen molar-refractivity contribution < 1.29 is 14.3 Å². The molecule has 1 aromatic heterocycles. The molecule has 1 aromatic carbocycles. The first kappa shape index (κ1) is 23.7. The second kappa shape index (κ2) is 9.40. The molecule has 0 radical (unpaired) electrons. The Morgan fingerprint density at radius 3 is 2.24 bits per heavy atom. The molecule has 1 aliphatic carbocycles. The Balaban J connectivity index is 1.38. The minimum atomic E-state index is -0.521. The first-order valence-electron chi connectivity index (χ1n) is 11.7. The first-order chi connectivity index (χ1) is 16.2. The number of aliphatic imine (C=N–C) groups is 1. The normalized spacial score (nSPS) is 18.3. The Labute approximate surface area is 200 Å². The molecule has 180 valence electrons. The zero-order chi connectivity index (χ0) is 24.3. The third kappa shape index (κ3) is 5.03. The third-order valence-corrected chi connectivity index (χ3v) is 6.36. The van der Waals surface area contributed by atoms with Crippen molar-refractivity contribution in [2.75, 3.05) is 31.1 Å². The highest BCUT2D eigenvalue weighted by Gasteiger charge is 2.42. The Morgan fingerprint density at radius 1 is 1.03 bits per heavy atom. The smallest absolute Gasteiger partial charge is 0.410 e. The number of ether oxygens (including phenoxy) is 1. The van der Waals surface area contributed by atoms with E-state index in [2.05, 4.69) is 15.0 Å². The lowest BCUT2D eigenvalue weighted by Gasteiger charge is -2.41. The van der Waals surface area contributed by atoms with Crippen LogP contribution in [0, 0.1) is 0 Å². The number of benzene rings is 1.